The van der Waals surface area contributed by atoms with Gasteiger partial charge in [-0.2, -0.15) is 0 Å². The predicted molar refractivity (Wildman–Crippen MR) is 112 cm³/mol. The summed E-state index contributed by atoms with van der Waals surface area (Å²) in [4.78, 5) is 12.5. The van der Waals surface area contributed by atoms with Crippen LogP contribution in [0.5, 0.6) is 0 Å². The van der Waals surface area contributed by atoms with Gasteiger partial charge in [0.25, 0.3) is 0 Å². The summed E-state index contributed by atoms with van der Waals surface area (Å²) >= 11 is 0. The highest BCUT2D eigenvalue weighted by molar-refractivity contribution is 5.75. The van der Waals surface area contributed by atoms with E-state index in [0.717, 1.165) is 25.7 Å². The molecule has 2 aliphatic rings. The number of benzene rings is 3. The van der Waals surface area contributed by atoms with Gasteiger partial charge in [0.1, 0.15) is 6.10 Å². The van der Waals surface area contributed by atoms with Crippen molar-refractivity contribution in [3.63, 3.8) is 0 Å². The van der Waals surface area contributed by atoms with Gasteiger partial charge in [0.15, 0.2) is 0 Å². The molecule has 5 rings (SSSR count). The number of hydrogen-bond donors (Lipinski definition) is 0. The van der Waals surface area contributed by atoms with Crippen molar-refractivity contribution in [2.24, 2.45) is 5.92 Å². The van der Waals surface area contributed by atoms with E-state index in [1.165, 1.54) is 16.7 Å². The van der Waals surface area contributed by atoms with Crippen LogP contribution in [0.15, 0.2) is 91.0 Å². The van der Waals surface area contributed by atoms with Crippen molar-refractivity contribution in [3.05, 3.63) is 108 Å². The Morgan fingerprint density at radius 2 is 1.18 bits per heavy atom. The van der Waals surface area contributed by atoms with Crippen molar-refractivity contribution in [2.75, 3.05) is 0 Å². The van der Waals surface area contributed by atoms with Gasteiger partial charge in [-0.05, 0) is 35.4 Å². The molecule has 2 nitrogen and oxygen atoms in total. The standard InChI is InChI=1S/C20H20O2.C6H6/c21-20(19-11-10-18(19)14-6-2-1-3-7-14)22-17-12-15-8-4-5-9-16(15)13-17;1-2-4-6-5-3-1/h1-9,17-19H,10-13H2;1-6H/t18?,19-;/m1./s1. The molecule has 2 heteroatoms. The Balaban J connectivity index is 0.000000275. The average molecular weight is 370 g/mol. The number of esters is 1. The molecule has 2 aliphatic carbocycles. The van der Waals surface area contributed by atoms with E-state index in [1.807, 2.05) is 54.6 Å². The molecule has 1 unspecified atom stereocenters. The van der Waals surface area contributed by atoms with Crippen molar-refractivity contribution in [3.8, 4) is 0 Å². The summed E-state index contributed by atoms with van der Waals surface area (Å²) in [5, 5.41) is 0. The third-order valence-corrected chi connectivity index (χ3v) is 5.77. The van der Waals surface area contributed by atoms with Crippen LogP contribution in [0, 0.1) is 5.92 Å². The molecule has 3 aromatic rings. The lowest BCUT2D eigenvalue weighted by molar-refractivity contribution is -0.157. The van der Waals surface area contributed by atoms with E-state index in [1.54, 1.807) is 0 Å². The predicted octanol–water partition coefficient (Wildman–Crippen LogP) is 5.58. The summed E-state index contributed by atoms with van der Waals surface area (Å²) in [6, 6.07) is 30.7. The maximum atomic E-state index is 12.5. The van der Waals surface area contributed by atoms with E-state index >= 15 is 0 Å². The Hall–Kier alpha value is -2.87. The molecule has 0 saturated heterocycles. The van der Waals surface area contributed by atoms with E-state index in [4.69, 9.17) is 4.74 Å². The fraction of sp³-hybridized carbons (Fsp3) is 0.269. The highest BCUT2D eigenvalue weighted by atomic mass is 16.5. The van der Waals surface area contributed by atoms with E-state index in [9.17, 15) is 4.79 Å². The van der Waals surface area contributed by atoms with Crippen LogP contribution < -0.4 is 0 Å². The second-order valence-electron chi connectivity index (χ2n) is 7.59. The first kappa shape index (κ1) is 18.5. The normalized spacial score (nSPS) is 20.3. The quantitative estimate of drug-likeness (QED) is 0.563. The van der Waals surface area contributed by atoms with Crippen LogP contribution in [-0.2, 0) is 22.4 Å². The minimum absolute atomic E-state index is 0.00194. The molecule has 2 atom stereocenters. The summed E-state index contributed by atoms with van der Waals surface area (Å²) in [6.45, 7) is 0. The monoisotopic (exact) mass is 370 g/mol. The lowest BCUT2D eigenvalue weighted by Gasteiger charge is -2.35. The van der Waals surface area contributed by atoms with Crippen molar-refractivity contribution < 1.29 is 9.53 Å². The molecule has 0 bridgehead atoms. The molecule has 0 spiro atoms. The van der Waals surface area contributed by atoms with Crippen LogP contribution in [0.1, 0.15) is 35.4 Å². The average Bonchev–Trinajstić information content (AvgIpc) is 3.12. The van der Waals surface area contributed by atoms with Gasteiger partial charge >= 0.3 is 5.97 Å². The van der Waals surface area contributed by atoms with Crippen molar-refractivity contribution >= 4 is 5.97 Å². The Morgan fingerprint density at radius 1 is 0.679 bits per heavy atom. The van der Waals surface area contributed by atoms with Crippen LogP contribution in [0.3, 0.4) is 0 Å². The van der Waals surface area contributed by atoms with Gasteiger partial charge in [-0.1, -0.05) is 91.0 Å². The lowest BCUT2D eigenvalue weighted by Crippen LogP contribution is -2.35. The van der Waals surface area contributed by atoms with Crippen molar-refractivity contribution in [2.45, 2.75) is 37.7 Å². The minimum Gasteiger partial charge on any atom is -0.461 e. The zero-order valence-corrected chi connectivity index (χ0v) is 16.0. The molecule has 0 N–H and O–H groups in total. The second-order valence-corrected chi connectivity index (χ2v) is 7.59. The Morgan fingerprint density at radius 3 is 1.68 bits per heavy atom. The zero-order chi connectivity index (χ0) is 19.2. The first-order chi connectivity index (χ1) is 13.8. The number of ether oxygens (including phenoxy) is 1. The number of carbonyl (C=O) groups excluding carboxylic acids is 1. The molecule has 28 heavy (non-hydrogen) atoms. The third kappa shape index (κ3) is 4.33. The zero-order valence-electron chi connectivity index (χ0n) is 16.0. The summed E-state index contributed by atoms with van der Waals surface area (Å²) in [5.41, 5.74) is 3.92. The number of rotatable bonds is 3. The molecule has 1 saturated carbocycles. The van der Waals surface area contributed by atoms with E-state index in [0.29, 0.717) is 5.92 Å². The van der Waals surface area contributed by atoms with Crippen LogP contribution in [0.2, 0.25) is 0 Å². The Bertz CT molecular complexity index is 837. The summed E-state index contributed by atoms with van der Waals surface area (Å²) in [7, 11) is 0. The molecule has 0 radical (unpaired) electrons. The Kier molecular flexibility index (Phi) is 5.86. The van der Waals surface area contributed by atoms with Gasteiger partial charge in [-0.25, -0.2) is 0 Å². The van der Waals surface area contributed by atoms with Crippen LogP contribution >= 0.6 is 0 Å². The smallest absolute Gasteiger partial charge is 0.309 e. The molecule has 0 aromatic heterocycles. The van der Waals surface area contributed by atoms with Crippen LogP contribution in [0.4, 0.5) is 0 Å². The largest absolute Gasteiger partial charge is 0.461 e. The van der Waals surface area contributed by atoms with Gasteiger partial charge in [0.05, 0.1) is 5.92 Å². The van der Waals surface area contributed by atoms with E-state index in [2.05, 4.69) is 36.4 Å². The topological polar surface area (TPSA) is 26.3 Å². The van der Waals surface area contributed by atoms with Gasteiger partial charge in [0.2, 0.25) is 0 Å². The first-order valence-corrected chi connectivity index (χ1v) is 10.1. The first-order valence-electron chi connectivity index (χ1n) is 10.1. The third-order valence-electron chi connectivity index (χ3n) is 5.77. The lowest BCUT2D eigenvalue weighted by atomic mass is 9.70. The molecule has 0 heterocycles. The fourth-order valence-corrected chi connectivity index (χ4v) is 4.12. The maximum absolute atomic E-state index is 12.5. The van der Waals surface area contributed by atoms with E-state index in [-0.39, 0.29) is 18.0 Å². The highest BCUT2D eigenvalue weighted by Crippen LogP contribution is 2.43. The van der Waals surface area contributed by atoms with Crippen molar-refractivity contribution in [1.29, 1.82) is 0 Å². The summed E-state index contributed by atoms with van der Waals surface area (Å²) in [5.74, 6) is 0.390. The molecular formula is C26H26O2. The SMILES string of the molecule is O=C(OC1Cc2ccccc2C1)[C@@H]1CCC1c1ccccc1.c1ccccc1. The molecule has 0 aliphatic heterocycles. The summed E-state index contributed by atoms with van der Waals surface area (Å²) < 4.78 is 5.81. The van der Waals surface area contributed by atoms with Gasteiger partial charge in [0, 0.05) is 12.8 Å². The van der Waals surface area contributed by atoms with E-state index < -0.39 is 0 Å². The van der Waals surface area contributed by atoms with Gasteiger partial charge < -0.3 is 4.74 Å². The number of hydrogen-bond acceptors (Lipinski definition) is 2. The summed E-state index contributed by atoms with van der Waals surface area (Å²) in [6.07, 6.45) is 3.81. The van der Waals surface area contributed by atoms with Crippen LogP contribution in [0.25, 0.3) is 0 Å². The highest BCUT2D eigenvalue weighted by Gasteiger charge is 2.40. The van der Waals surface area contributed by atoms with Gasteiger partial charge in [-0.3, -0.25) is 4.79 Å². The van der Waals surface area contributed by atoms with Crippen LogP contribution in [-0.4, -0.2) is 12.1 Å². The minimum atomic E-state index is -0.00194. The molecule has 0 amide bonds. The number of carbonyl (C=O) groups is 1. The van der Waals surface area contributed by atoms with Gasteiger partial charge in [-0.15, -0.1) is 0 Å². The number of fused-ring (bicyclic) bond motifs is 1. The fourth-order valence-electron chi connectivity index (χ4n) is 4.12. The molecular weight excluding hydrogens is 344 g/mol. The maximum Gasteiger partial charge on any atom is 0.309 e. The molecule has 142 valence electrons. The molecule has 1 fully saturated rings. The Labute approximate surface area is 167 Å². The molecule has 3 aromatic carbocycles. The second kappa shape index (κ2) is 8.88. The van der Waals surface area contributed by atoms with Crippen molar-refractivity contribution in [1.82, 2.24) is 0 Å².